The van der Waals surface area contributed by atoms with Gasteiger partial charge in [0.15, 0.2) is 0 Å². The van der Waals surface area contributed by atoms with Crippen LogP contribution >= 0.6 is 21.6 Å². The van der Waals surface area contributed by atoms with E-state index in [1.807, 2.05) is 30.3 Å². The zero-order chi connectivity index (χ0) is 16.7. The largest absolute Gasteiger partial charge is 0.392 e. The van der Waals surface area contributed by atoms with Gasteiger partial charge in [0.1, 0.15) is 0 Å². The number of carbonyl (C=O) groups is 2. The zero-order valence-corrected chi connectivity index (χ0v) is 14.5. The van der Waals surface area contributed by atoms with Crippen molar-refractivity contribution >= 4 is 33.4 Å². The minimum atomic E-state index is -1.22. The van der Waals surface area contributed by atoms with E-state index in [0.29, 0.717) is 6.61 Å². The molecule has 4 rings (SSSR count). The summed E-state index contributed by atoms with van der Waals surface area (Å²) in [5.41, 5.74) is 1.01. The van der Waals surface area contributed by atoms with Crippen LogP contribution in [0.15, 0.2) is 30.3 Å². The van der Waals surface area contributed by atoms with Crippen molar-refractivity contribution in [2.24, 2.45) is 0 Å². The van der Waals surface area contributed by atoms with Crippen LogP contribution in [-0.4, -0.2) is 63.8 Å². The fourth-order valence-corrected chi connectivity index (χ4v) is 6.22. The third-order valence-electron chi connectivity index (χ3n) is 4.30. The number of aliphatic hydroxyl groups is 1. The smallest absolute Gasteiger partial charge is 0.263 e. The molecule has 1 aromatic rings. The van der Waals surface area contributed by atoms with E-state index in [-0.39, 0.29) is 18.4 Å². The van der Waals surface area contributed by atoms with E-state index in [1.54, 1.807) is 14.1 Å². The number of rotatable bonds is 5. The number of benzene rings is 1. The number of nitrogens with zero attached hydrogens (tertiary/aromatic N) is 2. The molecule has 0 radical (unpaired) electrons. The van der Waals surface area contributed by atoms with Gasteiger partial charge in [-0.2, -0.15) is 0 Å². The maximum Gasteiger partial charge on any atom is 0.263 e. The van der Waals surface area contributed by atoms with Crippen LogP contribution < -0.4 is 0 Å². The van der Waals surface area contributed by atoms with Crippen molar-refractivity contribution in [2.75, 3.05) is 27.3 Å². The summed E-state index contributed by atoms with van der Waals surface area (Å²) in [7, 11) is 5.67. The monoisotopic (exact) mass is 354 g/mol. The summed E-state index contributed by atoms with van der Waals surface area (Å²) in [5, 5.41) is 9.64. The maximum absolute atomic E-state index is 12.8. The molecule has 0 aliphatic carbocycles. The molecule has 8 heteroatoms. The van der Waals surface area contributed by atoms with Gasteiger partial charge >= 0.3 is 0 Å². The second-order valence-electron chi connectivity index (χ2n) is 5.60. The first kappa shape index (κ1) is 16.6. The van der Waals surface area contributed by atoms with Crippen LogP contribution in [-0.2, 0) is 20.9 Å². The van der Waals surface area contributed by atoms with E-state index in [2.05, 4.69) is 0 Å². The molecule has 3 fully saturated rings. The molecule has 124 valence electrons. The number of hydrogen-bond acceptors (Lipinski definition) is 6. The molecule has 1 aromatic carbocycles. The van der Waals surface area contributed by atoms with Crippen LogP contribution in [0.4, 0.5) is 0 Å². The number of ether oxygens (including phenoxy) is 1. The molecule has 1 N–H and O–H groups in total. The van der Waals surface area contributed by atoms with Gasteiger partial charge in [-0.3, -0.25) is 9.59 Å². The standard InChI is InChI=1S/C15H18N2O4S2/c1-16-13(20)15(10-21-8-11-6-4-3-5-7-11)17(2)12(19)14(16,9-18)22-23-15/h3-7,18H,8-10H2,1-2H3/t14-,15?/m0/s1. The molecular formula is C15H18N2O4S2. The Morgan fingerprint density at radius 1 is 1.04 bits per heavy atom. The van der Waals surface area contributed by atoms with Crippen LogP contribution in [0.25, 0.3) is 0 Å². The fourth-order valence-electron chi connectivity index (χ4n) is 2.72. The normalized spacial score (nSPS) is 30.2. The van der Waals surface area contributed by atoms with E-state index in [4.69, 9.17) is 4.74 Å². The first-order valence-corrected chi connectivity index (χ1v) is 9.29. The number of aliphatic hydroxyl groups excluding tert-OH is 1. The lowest BCUT2D eigenvalue weighted by molar-refractivity contribution is -0.168. The van der Waals surface area contributed by atoms with Gasteiger partial charge in [-0.1, -0.05) is 30.3 Å². The minimum absolute atomic E-state index is 0.104. The van der Waals surface area contributed by atoms with Gasteiger partial charge in [0.05, 0.1) is 19.8 Å². The van der Waals surface area contributed by atoms with Crippen molar-refractivity contribution in [3.8, 4) is 0 Å². The molecule has 0 aromatic heterocycles. The predicted octanol–water partition coefficient (Wildman–Crippen LogP) is 0.913. The highest BCUT2D eigenvalue weighted by molar-refractivity contribution is 8.78. The molecule has 0 spiro atoms. The second kappa shape index (κ2) is 6.01. The number of amides is 2. The predicted molar refractivity (Wildman–Crippen MR) is 89.4 cm³/mol. The summed E-state index contributed by atoms with van der Waals surface area (Å²) >= 11 is 0. The summed E-state index contributed by atoms with van der Waals surface area (Å²) < 4.78 is 5.74. The number of fused-ring (bicyclic) bond motifs is 3. The van der Waals surface area contributed by atoms with Crippen molar-refractivity contribution in [2.45, 2.75) is 16.3 Å². The van der Waals surface area contributed by atoms with E-state index < -0.39 is 16.3 Å². The quantitative estimate of drug-likeness (QED) is 0.793. The van der Waals surface area contributed by atoms with Crippen LogP contribution in [0, 0.1) is 0 Å². The highest BCUT2D eigenvalue weighted by Gasteiger charge is 2.67. The SMILES string of the molecule is CN1C(=O)[C@]2(CO)SSC1(COCc1ccccc1)C(=O)N2C. The van der Waals surface area contributed by atoms with Gasteiger partial charge in [0.25, 0.3) is 11.8 Å². The molecule has 3 aliphatic rings. The summed E-state index contributed by atoms with van der Waals surface area (Å²) in [6.07, 6.45) is 0. The summed E-state index contributed by atoms with van der Waals surface area (Å²) in [5.74, 6) is -0.486. The Bertz CT molecular complexity index is 629. The molecule has 2 bridgehead atoms. The summed E-state index contributed by atoms with van der Waals surface area (Å²) in [6, 6.07) is 9.66. The molecule has 0 saturated carbocycles. The first-order valence-electron chi connectivity index (χ1n) is 7.14. The Hall–Kier alpha value is -1.22. The van der Waals surface area contributed by atoms with Crippen LogP contribution in [0.2, 0.25) is 0 Å². The van der Waals surface area contributed by atoms with Gasteiger partial charge in [-0.15, -0.1) is 0 Å². The molecule has 3 aliphatic heterocycles. The first-order chi connectivity index (χ1) is 11.0. The third-order valence-corrected chi connectivity index (χ3v) is 7.99. The number of piperazine rings is 1. The Balaban J connectivity index is 1.78. The van der Waals surface area contributed by atoms with E-state index in [0.717, 1.165) is 5.56 Å². The maximum atomic E-state index is 12.8. The Labute approximate surface area is 142 Å². The van der Waals surface area contributed by atoms with Crippen LogP contribution in [0.1, 0.15) is 5.56 Å². The summed E-state index contributed by atoms with van der Waals surface area (Å²) in [6.45, 7) is 0.0709. The van der Waals surface area contributed by atoms with Crippen molar-refractivity contribution < 1.29 is 19.4 Å². The molecule has 2 atom stereocenters. The lowest BCUT2D eigenvalue weighted by Crippen LogP contribution is -2.77. The lowest BCUT2D eigenvalue weighted by Gasteiger charge is -2.58. The Morgan fingerprint density at radius 2 is 1.61 bits per heavy atom. The second-order valence-corrected chi connectivity index (χ2v) is 8.28. The molecule has 23 heavy (non-hydrogen) atoms. The number of carbonyl (C=O) groups excluding carboxylic acids is 2. The topological polar surface area (TPSA) is 70.1 Å². The average Bonchev–Trinajstić information content (AvgIpc) is 2.58. The zero-order valence-electron chi connectivity index (χ0n) is 12.9. The Kier molecular flexibility index (Phi) is 4.35. The highest BCUT2D eigenvalue weighted by Crippen LogP contribution is 2.57. The number of likely N-dealkylation sites (N-methyl/N-ethyl adjacent to an activating group) is 2. The van der Waals surface area contributed by atoms with E-state index in [1.165, 1.54) is 31.4 Å². The van der Waals surface area contributed by atoms with Crippen molar-refractivity contribution in [1.29, 1.82) is 0 Å². The average molecular weight is 354 g/mol. The third kappa shape index (κ3) is 2.36. The van der Waals surface area contributed by atoms with Gasteiger partial charge < -0.3 is 19.6 Å². The molecule has 3 heterocycles. The van der Waals surface area contributed by atoms with Crippen LogP contribution in [0.3, 0.4) is 0 Å². The lowest BCUT2D eigenvalue weighted by atomic mass is 10.1. The molecular weight excluding hydrogens is 336 g/mol. The van der Waals surface area contributed by atoms with Crippen molar-refractivity contribution in [1.82, 2.24) is 9.80 Å². The van der Waals surface area contributed by atoms with E-state index >= 15 is 0 Å². The fraction of sp³-hybridized carbons (Fsp3) is 0.467. The van der Waals surface area contributed by atoms with Gasteiger partial charge in [-0.25, -0.2) is 0 Å². The van der Waals surface area contributed by atoms with Gasteiger partial charge in [0, 0.05) is 14.1 Å². The van der Waals surface area contributed by atoms with Crippen molar-refractivity contribution in [3.05, 3.63) is 35.9 Å². The Morgan fingerprint density at radius 3 is 2.26 bits per heavy atom. The van der Waals surface area contributed by atoms with Crippen molar-refractivity contribution in [3.63, 3.8) is 0 Å². The highest BCUT2D eigenvalue weighted by atomic mass is 33.1. The molecule has 3 saturated heterocycles. The van der Waals surface area contributed by atoms with Crippen LogP contribution in [0.5, 0.6) is 0 Å². The molecule has 1 unspecified atom stereocenters. The minimum Gasteiger partial charge on any atom is -0.392 e. The van der Waals surface area contributed by atoms with E-state index in [9.17, 15) is 14.7 Å². The van der Waals surface area contributed by atoms with Gasteiger partial charge in [-0.05, 0) is 27.2 Å². The summed E-state index contributed by atoms with van der Waals surface area (Å²) in [4.78, 5) is 25.9. The molecule has 6 nitrogen and oxygen atoms in total. The number of hydrogen-bond donors (Lipinski definition) is 1. The molecule has 2 amide bonds. The van der Waals surface area contributed by atoms with Gasteiger partial charge in [0.2, 0.25) is 9.74 Å².